The van der Waals surface area contributed by atoms with Crippen molar-refractivity contribution in [3.8, 4) is 0 Å². The minimum Gasteiger partial charge on any atom is -0.228 e. The predicted molar refractivity (Wildman–Crippen MR) is 53.0 cm³/mol. The van der Waals surface area contributed by atoms with Crippen LogP contribution in [0.2, 0.25) is 0 Å². The Morgan fingerprint density at radius 1 is 1.08 bits per heavy atom. The van der Waals surface area contributed by atoms with Crippen LogP contribution in [-0.4, -0.2) is 18.9 Å². The summed E-state index contributed by atoms with van der Waals surface area (Å²) in [5.41, 5.74) is 0. The first-order valence-corrected chi connectivity index (χ1v) is 6.17. The fourth-order valence-electron chi connectivity index (χ4n) is 1.43. The van der Waals surface area contributed by atoms with Crippen LogP contribution in [0.4, 0.5) is 0 Å². The van der Waals surface area contributed by atoms with E-state index in [1.165, 1.54) is 0 Å². The van der Waals surface area contributed by atoms with Gasteiger partial charge in [-0.3, -0.25) is 0 Å². The standard InChI is InChI=1S/C9H20O2S/c1-6-9(7(2)3)12(10,11)8(4)5/h7-9H,6H2,1-5H3. The van der Waals surface area contributed by atoms with Gasteiger partial charge in [0, 0.05) is 0 Å². The summed E-state index contributed by atoms with van der Waals surface area (Å²) in [6.45, 7) is 9.37. The molecule has 0 heterocycles. The SMILES string of the molecule is CCC(C(C)C)S(=O)(=O)C(C)C. The van der Waals surface area contributed by atoms with Crippen LogP contribution in [-0.2, 0) is 9.84 Å². The summed E-state index contributed by atoms with van der Waals surface area (Å²) in [5, 5.41) is -0.414. The van der Waals surface area contributed by atoms with E-state index in [1.54, 1.807) is 13.8 Å². The number of sulfone groups is 1. The lowest BCUT2D eigenvalue weighted by molar-refractivity contribution is 0.516. The minimum absolute atomic E-state index is 0.169. The molecule has 0 aromatic carbocycles. The molecule has 0 aromatic rings. The minimum atomic E-state index is -2.89. The van der Waals surface area contributed by atoms with Crippen LogP contribution < -0.4 is 0 Å². The summed E-state index contributed by atoms with van der Waals surface area (Å²) < 4.78 is 23.4. The molecule has 12 heavy (non-hydrogen) atoms. The van der Waals surface area contributed by atoms with Gasteiger partial charge < -0.3 is 0 Å². The maximum atomic E-state index is 11.7. The van der Waals surface area contributed by atoms with Crippen molar-refractivity contribution in [2.75, 3.05) is 0 Å². The lowest BCUT2D eigenvalue weighted by Gasteiger charge is -2.21. The number of hydrogen-bond donors (Lipinski definition) is 0. The first-order chi connectivity index (χ1) is 5.34. The van der Waals surface area contributed by atoms with Crippen molar-refractivity contribution in [2.45, 2.75) is 51.5 Å². The van der Waals surface area contributed by atoms with Gasteiger partial charge in [0.1, 0.15) is 0 Å². The Kier molecular flexibility index (Phi) is 4.24. The monoisotopic (exact) mass is 192 g/mol. The van der Waals surface area contributed by atoms with Gasteiger partial charge >= 0.3 is 0 Å². The van der Waals surface area contributed by atoms with Gasteiger partial charge in [0.2, 0.25) is 0 Å². The van der Waals surface area contributed by atoms with Crippen LogP contribution in [0.5, 0.6) is 0 Å². The molecule has 3 heteroatoms. The fourth-order valence-corrected chi connectivity index (χ4v) is 3.36. The van der Waals surface area contributed by atoms with E-state index in [9.17, 15) is 8.42 Å². The van der Waals surface area contributed by atoms with E-state index in [-0.39, 0.29) is 16.4 Å². The zero-order valence-corrected chi connectivity index (χ0v) is 9.48. The van der Waals surface area contributed by atoms with Crippen molar-refractivity contribution in [3.05, 3.63) is 0 Å². The molecule has 0 aliphatic carbocycles. The van der Waals surface area contributed by atoms with Crippen molar-refractivity contribution < 1.29 is 8.42 Å². The van der Waals surface area contributed by atoms with Crippen molar-refractivity contribution in [1.29, 1.82) is 0 Å². The predicted octanol–water partition coefficient (Wildman–Crippen LogP) is 2.24. The van der Waals surface area contributed by atoms with E-state index in [4.69, 9.17) is 0 Å². The summed E-state index contributed by atoms with van der Waals surface area (Å²) in [4.78, 5) is 0. The van der Waals surface area contributed by atoms with Crippen LogP contribution in [0.1, 0.15) is 41.0 Å². The Bertz CT molecular complexity index is 215. The van der Waals surface area contributed by atoms with Crippen LogP contribution >= 0.6 is 0 Å². The second kappa shape index (κ2) is 4.26. The van der Waals surface area contributed by atoms with Crippen LogP contribution in [0, 0.1) is 5.92 Å². The fraction of sp³-hybridized carbons (Fsp3) is 1.00. The molecule has 0 aliphatic rings. The highest BCUT2D eigenvalue weighted by molar-refractivity contribution is 7.92. The van der Waals surface area contributed by atoms with Gasteiger partial charge in [-0.2, -0.15) is 0 Å². The van der Waals surface area contributed by atoms with Gasteiger partial charge in [0.05, 0.1) is 10.5 Å². The van der Waals surface area contributed by atoms with E-state index in [1.807, 2.05) is 20.8 Å². The van der Waals surface area contributed by atoms with Gasteiger partial charge in [0.25, 0.3) is 0 Å². The lowest BCUT2D eigenvalue weighted by atomic mass is 10.1. The molecule has 74 valence electrons. The van der Waals surface area contributed by atoms with E-state index in [2.05, 4.69) is 0 Å². The molecule has 0 aromatic heterocycles. The van der Waals surface area contributed by atoms with Crippen molar-refractivity contribution in [3.63, 3.8) is 0 Å². The number of rotatable bonds is 4. The first-order valence-electron chi connectivity index (χ1n) is 4.56. The molecule has 0 amide bonds. The summed E-state index contributed by atoms with van der Waals surface area (Å²) >= 11 is 0. The summed E-state index contributed by atoms with van der Waals surface area (Å²) in [6, 6.07) is 0. The molecule has 0 bridgehead atoms. The molecule has 0 N–H and O–H groups in total. The molecule has 0 radical (unpaired) electrons. The smallest absolute Gasteiger partial charge is 0.155 e. The molecule has 0 spiro atoms. The van der Waals surface area contributed by atoms with Crippen molar-refractivity contribution in [1.82, 2.24) is 0 Å². The molecule has 0 rings (SSSR count). The third kappa shape index (κ3) is 2.47. The van der Waals surface area contributed by atoms with Crippen molar-refractivity contribution in [2.24, 2.45) is 5.92 Å². The second-order valence-corrected chi connectivity index (χ2v) is 6.55. The van der Waals surface area contributed by atoms with E-state index < -0.39 is 9.84 Å². The van der Waals surface area contributed by atoms with Gasteiger partial charge in [-0.15, -0.1) is 0 Å². The summed E-state index contributed by atoms with van der Waals surface area (Å²) in [6.07, 6.45) is 0.720. The maximum Gasteiger partial charge on any atom is 0.155 e. The molecule has 0 fully saturated rings. The normalized spacial score (nSPS) is 15.6. The largest absolute Gasteiger partial charge is 0.228 e. The highest BCUT2D eigenvalue weighted by Crippen LogP contribution is 2.19. The van der Waals surface area contributed by atoms with E-state index >= 15 is 0 Å². The Labute approximate surface area is 76.3 Å². The molecule has 0 saturated heterocycles. The Balaban J connectivity index is 4.74. The van der Waals surface area contributed by atoms with E-state index in [0.29, 0.717) is 0 Å². The first kappa shape index (κ1) is 11.9. The molecule has 1 atom stereocenters. The highest BCUT2D eigenvalue weighted by Gasteiger charge is 2.29. The Morgan fingerprint density at radius 2 is 1.50 bits per heavy atom. The maximum absolute atomic E-state index is 11.7. The third-order valence-electron chi connectivity index (χ3n) is 2.22. The Morgan fingerprint density at radius 3 is 1.58 bits per heavy atom. The van der Waals surface area contributed by atoms with Gasteiger partial charge in [-0.1, -0.05) is 20.8 Å². The lowest BCUT2D eigenvalue weighted by Crippen LogP contribution is -2.32. The van der Waals surface area contributed by atoms with Crippen LogP contribution in [0.25, 0.3) is 0 Å². The molecular weight excluding hydrogens is 172 g/mol. The second-order valence-electron chi connectivity index (χ2n) is 3.83. The average Bonchev–Trinajstić information content (AvgIpc) is 1.86. The van der Waals surface area contributed by atoms with Crippen molar-refractivity contribution >= 4 is 9.84 Å². The third-order valence-corrected chi connectivity index (χ3v) is 5.26. The van der Waals surface area contributed by atoms with Gasteiger partial charge in [0.15, 0.2) is 9.84 Å². The molecule has 1 unspecified atom stereocenters. The van der Waals surface area contributed by atoms with Gasteiger partial charge in [-0.05, 0) is 26.2 Å². The quantitative estimate of drug-likeness (QED) is 0.684. The molecule has 2 nitrogen and oxygen atoms in total. The van der Waals surface area contributed by atoms with Crippen LogP contribution in [0.15, 0.2) is 0 Å². The Hall–Kier alpha value is -0.0500. The van der Waals surface area contributed by atoms with Gasteiger partial charge in [-0.25, -0.2) is 8.42 Å². The summed E-state index contributed by atoms with van der Waals surface area (Å²) in [5.74, 6) is 0.224. The summed E-state index contributed by atoms with van der Waals surface area (Å²) in [7, 11) is -2.89. The van der Waals surface area contributed by atoms with E-state index in [0.717, 1.165) is 6.42 Å². The topological polar surface area (TPSA) is 34.1 Å². The van der Waals surface area contributed by atoms with Crippen LogP contribution in [0.3, 0.4) is 0 Å². The molecule has 0 saturated carbocycles. The zero-order valence-electron chi connectivity index (χ0n) is 8.66. The molecule has 0 aliphatic heterocycles. The molecular formula is C9H20O2S. The average molecular weight is 192 g/mol. The number of hydrogen-bond acceptors (Lipinski definition) is 2. The highest BCUT2D eigenvalue weighted by atomic mass is 32.2. The zero-order chi connectivity index (χ0) is 9.94.